The van der Waals surface area contributed by atoms with Gasteiger partial charge in [-0.2, -0.15) is 0 Å². The Morgan fingerprint density at radius 1 is 1.35 bits per heavy atom. The molecule has 2 rings (SSSR count). The Morgan fingerprint density at radius 2 is 2.12 bits per heavy atom. The zero-order valence-corrected chi connectivity index (χ0v) is 8.96. The highest BCUT2D eigenvalue weighted by molar-refractivity contribution is 5.94. The molecule has 0 aliphatic heterocycles. The summed E-state index contributed by atoms with van der Waals surface area (Å²) in [6.45, 7) is -0.0621. The van der Waals surface area contributed by atoms with Crippen LogP contribution in [0.3, 0.4) is 0 Å². The standard InChI is InChI=1S/C12H11NO4/c14-5-6-17-11-9-4-2-1-3-8(9)7-10(13-11)12(15)16/h1-4,7,14H,5-6H2,(H,15,16). The van der Waals surface area contributed by atoms with Crippen LogP contribution in [0.25, 0.3) is 10.8 Å². The number of aromatic nitrogens is 1. The lowest BCUT2D eigenvalue weighted by Gasteiger charge is -2.08. The first-order chi connectivity index (χ1) is 8.22. The van der Waals surface area contributed by atoms with Crippen LogP contribution in [0.4, 0.5) is 0 Å². The second kappa shape index (κ2) is 4.80. The van der Waals surface area contributed by atoms with Crippen molar-refractivity contribution in [2.24, 2.45) is 0 Å². The average molecular weight is 233 g/mol. The van der Waals surface area contributed by atoms with E-state index in [1.807, 2.05) is 12.1 Å². The van der Waals surface area contributed by atoms with E-state index in [1.54, 1.807) is 12.1 Å². The summed E-state index contributed by atoms with van der Waals surface area (Å²) >= 11 is 0. The van der Waals surface area contributed by atoms with Crippen LogP contribution in [0.1, 0.15) is 10.5 Å². The molecule has 0 fully saturated rings. The largest absolute Gasteiger partial charge is 0.477 e. The number of carboxylic acids is 1. The number of aliphatic hydroxyl groups is 1. The molecule has 1 aromatic carbocycles. The van der Waals surface area contributed by atoms with Gasteiger partial charge in [0.1, 0.15) is 6.61 Å². The number of hydrogen-bond acceptors (Lipinski definition) is 4. The van der Waals surface area contributed by atoms with E-state index in [2.05, 4.69) is 4.98 Å². The summed E-state index contributed by atoms with van der Waals surface area (Å²) in [6, 6.07) is 8.69. The molecular formula is C12H11NO4. The van der Waals surface area contributed by atoms with E-state index >= 15 is 0 Å². The van der Waals surface area contributed by atoms with Crippen molar-refractivity contribution < 1.29 is 19.7 Å². The summed E-state index contributed by atoms with van der Waals surface area (Å²) in [4.78, 5) is 14.8. The van der Waals surface area contributed by atoms with Gasteiger partial charge in [-0.05, 0) is 17.5 Å². The second-order valence-electron chi connectivity index (χ2n) is 3.41. The summed E-state index contributed by atoms with van der Waals surface area (Å²) in [5.41, 5.74) is -0.0726. The van der Waals surface area contributed by atoms with E-state index in [-0.39, 0.29) is 24.8 Å². The zero-order chi connectivity index (χ0) is 12.3. The van der Waals surface area contributed by atoms with Crippen LogP contribution in [-0.4, -0.2) is 34.4 Å². The minimum absolute atomic E-state index is 0.0726. The molecule has 0 aliphatic carbocycles. The third kappa shape index (κ3) is 2.34. The predicted molar refractivity (Wildman–Crippen MR) is 61.3 cm³/mol. The van der Waals surface area contributed by atoms with Gasteiger partial charge in [-0.3, -0.25) is 0 Å². The Hall–Kier alpha value is -2.14. The fourth-order valence-electron chi connectivity index (χ4n) is 1.53. The van der Waals surface area contributed by atoms with Crippen LogP contribution >= 0.6 is 0 Å². The Kier molecular flexibility index (Phi) is 3.20. The van der Waals surface area contributed by atoms with E-state index in [1.165, 1.54) is 6.07 Å². The van der Waals surface area contributed by atoms with Gasteiger partial charge in [-0.15, -0.1) is 0 Å². The van der Waals surface area contributed by atoms with Crippen molar-refractivity contribution in [3.8, 4) is 5.88 Å². The van der Waals surface area contributed by atoms with Gasteiger partial charge < -0.3 is 14.9 Å². The minimum Gasteiger partial charge on any atom is -0.477 e. The van der Waals surface area contributed by atoms with Crippen molar-refractivity contribution in [1.29, 1.82) is 0 Å². The Balaban J connectivity index is 2.56. The van der Waals surface area contributed by atoms with Gasteiger partial charge in [0.15, 0.2) is 5.69 Å². The summed E-state index contributed by atoms with van der Waals surface area (Å²) in [6.07, 6.45) is 0. The first-order valence-electron chi connectivity index (χ1n) is 5.09. The van der Waals surface area contributed by atoms with Crippen LogP contribution in [-0.2, 0) is 0 Å². The van der Waals surface area contributed by atoms with Crippen molar-refractivity contribution in [3.63, 3.8) is 0 Å². The number of aliphatic hydroxyl groups excluding tert-OH is 1. The normalized spacial score (nSPS) is 10.4. The van der Waals surface area contributed by atoms with E-state index < -0.39 is 5.97 Å². The topological polar surface area (TPSA) is 79.7 Å². The third-order valence-electron chi connectivity index (χ3n) is 2.25. The zero-order valence-electron chi connectivity index (χ0n) is 8.96. The molecule has 0 saturated heterocycles. The second-order valence-corrected chi connectivity index (χ2v) is 3.41. The average Bonchev–Trinajstić information content (AvgIpc) is 2.35. The quantitative estimate of drug-likeness (QED) is 0.832. The number of fused-ring (bicyclic) bond motifs is 1. The SMILES string of the molecule is O=C(O)c1cc2ccccc2c(OCCO)n1. The molecule has 0 amide bonds. The molecule has 0 spiro atoms. The highest BCUT2D eigenvalue weighted by Crippen LogP contribution is 2.24. The molecule has 0 saturated carbocycles. The molecule has 0 bridgehead atoms. The number of benzene rings is 1. The number of ether oxygens (including phenoxy) is 1. The third-order valence-corrected chi connectivity index (χ3v) is 2.25. The number of aromatic carboxylic acids is 1. The smallest absolute Gasteiger partial charge is 0.354 e. The first-order valence-corrected chi connectivity index (χ1v) is 5.09. The van der Waals surface area contributed by atoms with E-state index in [0.29, 0.717) is 0 Å². The Morgan fingerprint density at radius 3 is 2.82 bits per heavy atom. The van der Waals surface area contributed by atoms with E-state index in [9.17, 15) is 4.79 Å². The summed E-state index contributed by atoms with van der Waals surface area (Å²) in [5, 5.41) is 19.1. The molecule has 88 valence electrons. The molecule has 0 unspecified atom stereocenters. The van der Waals surface area contributed by atoms with Crippen LogP contribution in [0.5, 0.6) is 5.88 Å². The number of carbonyl (C=O) groups is 1. The molecule has 1 aromatic heterocycles. The molecule has 5 heteroatoms. The Bertz CT molecular complexity index is 553. The summed E-state index contributed by atoms with van der Waals surface area (Å²) in [7, 11) is 0. The maximum atomic E-state index is 10.9. The maximum absolute atomic E-state index is 10.9. The fraction of sp³-hybridized carbons (Fsp3) is 0.167. The highest BCUT2D eigenvalue weighted by Gasteiger charge is 2.11. The number of nitrogens with zero attached hydrogens (tertiary/aromatic N) is 1. The van der Waals surface area contributed by atoms with Crippen molar-refractivity contribution in [3.05, 3.63) is 36.0 Å². The summed E-state index contributed by atoms with van der Waals surface area (Å²) < 4.78 is 5.23. The number of pyridine rings is 1. The molecular weight excluding hydrogens is 222 g/mol. The number of carboxylic acid groups (broad SMARTS) is 1. The first kappa shape index (κ1) is 11.3. The number of rotatable bonds is 4. The molecule has 0 atom stereocenters. The van der Waals surface area contributed by atoms with Gasteiger partial charge in [0.2, 0.25) is 5.88 Å². The van der Waals surface area contributed by atoms with Crippen molar-refractivity contribution in [1.82, 2.24) is 4.98 Å². The lowest BCUT2D eigenvalue weighted by Crippen LogP contribution is -2.07. The fourth-order valence-corrected chi connectivity index (χ4v) is 1.53. The van der Waals surface area contributed by atoms with Gasteiger partial charge in [-0.1, -0.05) is 18.2 Å². The van der Waals surface area contributed by atoms with Crippen LogP contribution in [0.2, 0.25) is 0 Å². The molecule has 1 heterocycles. The summed E-state index contributed by atoms with van der Waals surface area (Å²) in [5.74, 6) is -0.876. The van der Waals surface area contributed by atoms with Crippen LogP contribution in [0, 0.1) is 0 Å². The van der Waals surface area contributed by atoms with Gasteiger partial charge in [0, 0.05) is 5.39 Å². The Labute approximate surface area is 97.3 Å². The van der Waals surface area contributed by atoms with Crippen LogP contribution in [0.15, 0.2) is 30.3 Å². The van der Waals surface area contributed by atoms with E-state index in [0.717, 1.165) is 10.8 Å². The number of hydrogen-bond donors (Lipinski definition) is 2. The van der Waals surface area contributed by atoms with Crippen molar-refractivity contribution in [2.45, 2.75) is 0 Å². The molecule has 0 radical (unpaired) electrons. The molecule has 5 nitrogen and oxygen atoms in total. The van der Waals surface area contributed by atoms with Gasteiger partial charge in [-0.25, -0.2) is 9.78 Å². The molecule has 0 aliphatic rings. The van der Waals surface area contributed by atoms with Gasteiger partial charge in [0.25, 0.3) is 0 Å². The molecule has 17 heavy (non-hydrogen) atoms. The predicted octanol–water partition coefficient (Wildman–Crippen LogP) is 1.30. The molecule has 2 N–H and O–H groups in total. The van der Waals surface area contributed by atoms with E-state index in [4.69, 9.17) is 14.9 Å². The maximum Gasteiger partial charge on any atom is 0.354 e. The molecule has 2 aromatic rings. The minimum atomic E-state index is -1.11. The van der Waals surface area contributed by atoms with Gasteiger partial charge >= 0.3 is 5.97 Å². The van der Waals surface area contributed by atoms with Crippen molar-refractivity contribution >= 4 is 16.7 Å². The van der Waals surface area contributed by atoms with Crippen molar-refractivity contribution in [2.75, 3.05) is 13.2 Å². The monoisotopic (exact) mass is 233 g/mol. The lowest BCUT2D eigenvalue weighted by atomic mass is 10.1. The highest BCUT2D eigenvalue weighted by atomic mass is 16.5. The lowest BCUT2D eigenvalue weighted by molar-refractivity contribution is 0.0689. The van der Waals surface area contributed by atoms with Crippen LogP contribution < -0.4 is 4.74 Å². The van der Waals surface area contributed by atoms with Gasteiger partial charge in [0.05, 0.1) is 6.61 Å².